The first-order valence-electron chi connectivity index (χ1n) is 10.3. The number of hydrogen-bond acceptors (Lipinski definition) is 5. The van der Waals surface area contributed by atoms with Crippen LogP contribution in [0.1, 0.15) is 29.6 Å². The molecule has 0 aliphatic carbocycles. The molecule has 31 heavy (non-hydrogen) atoms. The summed E-state index contributed by atoms with van der Waals surface area (Å²) >= 11 is 0. The number of benzene rings is 2. The summed E-state index contributed by atoms with van der Waals surface area (Å²) in [6, 6.07) is 17.6. The molecule has 1 aliphatic rings. The maximum atomic E-state index is 12.9. The lowest BCUT2D eigenvalue weighted by atomic mass is 10.1. The van der Waals surface area contributed by atoms with Crippen LogP contribution in [0.3, 0.4) is 0 Å². The van der Waals surface area contributed by atoms with E-state index < -0.39 is 15.1 Å². The van der Waals surface area contributed by atoms with Crippen molar-refractivity contribution < 1.29 is 17.9 Å². The van der Waals surface area contributed by atoms with Crippen molar-refractivity contribution in [1.82, 2.24) is 15.1 Å². The van der Waals surface area contributed by atoms with E-state index in [1.165, 1.54) is 0 Å². The molecule has 1 N–H and O–H groups in total. The van der Waals surface area contributed by atoms with Gasteiger partial charge in [-0.05, 0) is 55.7 Å². The maximum absolute atomic E-state index is 12.9. The Kier molecular flexibility index (Phi) is 6.48. The molecule has 0 bridgehead atoms. The molecule has 8 heteroatoms. The minimum absolute atomic E-state index is 0.182. The van der Waals surface area contributed by atoms with Crippen molar-refractivity contribution in [3.05, 3.63) is 78.6 Å². The molecule has 2 atom stereocenters. The number of nitrogens with one attached hydrogen (secondary N) is 1. The van der Waals surface area contributed by atoms with Crippen molar-refractivity contribution in [2.24, 2.45) is 0 Å². The summed E-state index contributed by atoms with van der Waals surface area (Å²) in [7, 11) is -3.38. The Balaban J connectivity index is 1.32. The second kappa shape index (κ2) is 9.45. The van der Waals surface area contributed by atoms with Gasteiger partial charge < -0.3 is 10.1 Å². The van der Waals surface area contributed by atoms with Crippen LogP contribution in [0.4, 0.5) is 0 Å². The Hall–Kier alpha value is -2.97. The summed E-state index contributed by atoms with van der Waals surface area (Å²) in [4.78, 5) is 12.9. The Morgan fingerprint density at radius 1 is 1.13 bits per heavy atom. The summed E-state index contributed by atoms with van der Waals surface area (Å²) in [5, 5.41) is 6.62. The van der Waals surface area contributed by atoms with E-state index in [1.807, 2.05) is 24.4 Å². The van der Waals surface area contributed by atoms with E-state index in [9.17, 15) is 13.2 Å². The molecule has 0 radical (unpaired) electrons. The van der Waals surface area contributed by atoms with E-state index in [0.717, 1.165) is 5.69 Å². The first-order valence-corrected chi connectivity index (χ1v) is 11.9. The summed E-state index contributed by atoms with van der Waals surface area (Å²) in [6.07, 6.45) is 4.78. The van der Waals surface area contributed by atoms with Gasteiger partial charge in [0, 0.05) is 31.1 Å². The molecule has 0 saturated carbocycles. The van der Waals surface area contributed by atoms with Crippen LogP contribution in [-0.4, -0.2) is 48.6 Å². The molecule has 0 unspecified atom stereocenters. The van der Waals surface area contributed by atoms with Gasteiger partial charge in [0.2, 0.25) is 0 Å². The lowest BCUT2D eigenvalue weighted by Gasteiger charge is -2.29. The van der Waals surface area contributed by atoms with Gasteiger partial charge in [0.1, 0.15) is 0 Å². The molecule has 3 aromatic rings. The number of sulfone groups is 1. The zero-order valence-corrected chi connectivity index (χ0v) is 17.9. The van der Waals surface area contributed by atoms with Crippen LogP contribution in [0, 0.1) is 0 Å². The molecular weight excluding hydrogens is 414 g/mol. The Labute approximate surface area is 182 Å². The van der Waals surface area contributed by atoms with Gasteiger partial charge in [-0.25, -0.2) is 13.1 Å². The van der Waals surface area contributed by atoms with Gasteiger partial charge in [-0.15, -0.1) is 0 Å². The van der Waals surface area contributed by atoms with Gasteiger partial charge >= 0.3 is 0 Å². The van der Waals surface area contributed by atoms with Crippen LogP contribution >= 0.6 is 0 Å². The van der Waals surface area contributed by atoms with E-state index in [0.29, 0.717) is 42.9 Å². The van der Waals surface area contributed by atoms with E-state index in [1.54, 1.807) is 53.3 Å². The fraction of sp³-hybridized carbons (Fsp3) is 0.304. The number of carbonyl (C=O) groups excluding carboxylic acids is 1. The van der Waals surface area contributed by atoms with Crippen LogP contribution in [0.25, 0.3) is 5.69 Å². The number of nitrogens with zero attached hydrogens (tertiary/aromatic N) is 2. The third-order valence-corrected chi connectivity index (χ3v) is 7.69. The van der Waals surface area contributed by atoms with Crippen LogP contribution in [0.15, 0.2) is 78.0 Å². The molecule has 2 heterocycles. The lowest BCUT2D eigenvalue weighted by molar-refractivity contribution is 0.0132. The summed E-state index contributed by atoms with van der Waals surface area (Å²) in [5.74, 6) is -0.182. The van der Waals surface area contributed by atoms with E-state index in [2.05, 4.69) is 10.4 Å². The third-order valence-electron chi connectivity index (χ3n) is 5.46. The number of aromatic nitrogens is 2. The first-order chi connectivity index (χ1) is 15.0. The fourth-order valence-electron chi connectivity index (χ4n) is 3.79. The minimum atomic E-state index is -3.38. The van der Waals surface area contributed by atoms with Gasteiger partial charge in [-0.3, -0.25) is 4.79 Å². The van der Waals surface area contributed by atoms with Crippen LogP contribution in [-0.2, 0) is 14.6 Å². The highest BCUT2D eigenvalue weighted by Gasteiger charge is 2.33. The molecule has 2 aromatic carbocycles. The number of carbonyl (C=O) groups is 1. The second-order valence-electron chi connectivity index (χ2n) is 7.54. The number of hydrogen-bond donors (Lipinski definition) is 1. The quantitative estimate of drug-likeness (QED) is 0.611. The zero-order valence-electron chi connectivity index (χ0n) is 17.1. The molecule has 162 valence electrons. The molecule has 1 fully saturated rings. The van der Waals surface area contributed by atoms with Crippen molar-refractivity contribution in [3.63, 3.8) is 0 Å². The fourth-order valence-corrected chi connectivity index (χ4v) is 5.59. The standard InChI is InChI=1S/C23H25N3O4S/c27-23(18-6-4-7-19(16-18)26-14-5-12-25-26)24-13-10-20-17-22(11-15-30-20)31(28,29)21-8-2-1-3-9-21/h1-9,12,14,16,20,22H,10-11,13,15,17H2,(H,24,27)/t20-,22+/m1/s1. The van der Waals surface area contributed by atoms with Gasteiger partial charge in [0.15, 0.2) is 9.84 Å². The van der Waals surface area contributed by atoms with Crippen molar-refractivity contribution in [1.29, 1.82) is 0 Å². The predicted octanol–water partition coefficient (Wildman–Crippen LogP) is 3.01. The summed E-state index contributed by atoms with van der Waals surface area (Å²) in [5.41, 5.74) is 1.35. The largest absolute Gasteiger partial charge is 0.378 e. The summed E-state index contributed by atoms with van der Waals surface area (Å²) in [6.45, 7) is 0.814. The Morgan fingerprint density at radius 3 is 2.74 bits per heavy atom. The molecule has 1 amide bonds. The van der Waals surface area contributed by atoms with Crippen molar-refractivity contribution in [3.8, 4) is 5.69 Å². The van der Waals surface area contributed by atoms with Gasteiger partial charge in [-0.1, -0.05) is 24.3 Å². The molecular formula is C23H25N3O4S. The molecule has 1 aromatic heterocycles. The highest BCUT2D eigenvalue weighted by Crippen LogP contribution is 2.27. The molecule has 1 saturated heterocycles. The van der Waals surface area contributed by atoms with Crippen molar-refractivity contribution >= 4 is 15.7 Å². The first kappa shape index (κ1) is 21.3. The molecule has 0 spiro atoms. The van der Waals surface area contributed by atoms with Gasteiger partial charge in [0.25, 0.3) is 5.91 Å². The number of amides is 1. The third kappa shape index (κ3) is 5.03. The number of rotatable bonds is 7. The SMILES string of the molecule is O=C(NCC[C@@H]1C[C@@H](S(=O)(=O)c2ccccc2)CCO1)c1cccc(-n2cccn2)c1. The monoisotopic (exact) mass is 439 g/mol. The second-order valence-corrected chi connectivity index (χ2v) is 9.77. The highest BCUT2D eigenvalue weighted by molar-refractivity contribution is 7.92. The maximum Gasteiger partial charge on any atom is 0.251 e. The zero-order chi connectivity index (χ0) is 21.7. The van der Waals surface area contributed by atoms with Crippen molar-refractivity contribution in [2.75, 3.05) is 13.2 Å². The average Bonchev–Trinajstić information content (AvgIpc) is 3.35. The Bertz CT molecular complexity index is 1110. The van der Waals surface area contributed by atoms with Crippen LogP contribution < -0.4 is 5.32 Å². The minimum Gasteiger partial charge on any atom is -0.378 e. The lowest BCUT2D eigenvalue weighted by Crippen LogP contribution is -2.36. The number of ether oxygens (including phenoxy) is 1. The molecule has 7 nitrogen and oxygen atoms in total. The molecule has 1 aliphatic heterocycles. The smallest absolute Gasteiger partial charge is 0.251 e. The summed E-state index contributed by atoms with van der Waals surface area (Å²) < 4.78 is 33.3. The highest BCUT2D eigenvalue weighted by atomic mass is 32.2. The Morgan fingerprint density at radius 2 is 1.97 bits per heavy atom. The van der Waals surface area contributed by atoms with E-state index >= 15 is 0 Å². The molecule has 4 rings (SSSR count). The van der Waals surface area contributed by atoms with Crippen LogP contribution in [0.2, 0.25) is 0 Å². The van der Waals surface area contributed by atoms with Crippen molar-refractivity contribution in [2.45, 2.75) is 35.5 Å². The van der Waals surface area contributed by atoms with E-state index in [-0.39, 0.29) is 12.0 Å². The van der Waals surface area contributed by atoms with Gasteiger partial charge in [0.05, 0.1) is 21.9 Å². The predicted molar refractivity (Wildman–Crippen MR) is 117 cm³/mol. The van der Waals surface area contributed by atoms with Gasteiger partial charge in [-0.2, -0.15) is 5.10 Å². The van der Waals surface area contributed by atoms with E-state index in [4.69, 9.17) is 4.74 Å². The average molecular weight is 440 g/mol. The van der Waals surface area contributed by atoms with Crippen LogP contribution in [0.5, 0.6) is 0 Å². The normalized spacial score (nSPS) is 19.1. The topological polar surface area (TPSA) is 90.3 Å².